The quantitative estimate of drug-likeness (QED) is 0.789. The van der Waals surface area contributed by atoms with Crippen LogP contribution in [0.1, 0.15) is 26.2 Å². The van der Waals surface area contributed by atoms with Gasteiger partial charge in [-0.15, -0.1) is 0 Å². The Hall–Kier alpha value is -0.860. The molecule has 24 heavy (non-hydrogen) atoms. The van der Waals surface area contributed by atoms with Gasteiger partial charge in [-0.3, -0.25) is 0 Å². The third-order valence-corrected chi connectivity index (χ3v) is 6.45. The lowest BCUT2D eigenvalue weighted by atomic mass is 10.1. The largest absolute Gasteiger partial charge is 0.489 e. The number of benzene rings is 1. The summed E-state index contributed by atoms with van der Waals surface area (Å²) >= 11 is 6.00. The minimum Gasteiger partial charge on any atom is -0.489 e. The molecule has 1 aromatic rings. The van der Waals surface area contributed by atoms with E-state index in [1.54, 1.807) is 19.1 Å². The average molecular weight is 377 g/mol. The first-order valence-corrected chi connectivity index (χ1v) is 9.90. The molecule has 0 spiro atoms. The number of likely N-dealkylation sites (N-methyl/N-ethyl adjacent to an activating group) is 1. The highest BCUT2D eigenvalue weighted by atomic mass is 35.5. The lowest BCUT2D eigenvalue weighted by molar-refractivity contribution is -0.0116. The Balaban J connectivity index is 2.23. The molecular weight excluding hydrogens is 352 g/mol. The third kappa shape index (κ3) is 4.61. The van der Waals surface area contributed by atoms with Crippen LogP contribution in [0.25, 0.3) is 0 Å². The SMILES string of the molecule is CC(CN)N(C)S(=O)(=O)c1cc(Cl)ccc1OCC1CCCCO1. The zero-order chi connectivity index (χ0) is 17.7. The van der Waals surface area contributed by atoms with E-state index in [0.29, 0.717) is 11.6 Å². The van der Waals surface area contributed by atoms with Gasteiger partial charge < -0.3 is 15.2 Å². The van der Waals surface area contributed by atoms with Gasteiger partial charge in [0.15, 0.2) is 0 Å². The van der Waals surface area contributed by atoms with Crippen molar-refractivity contribution in [2.24, 2.45) is 5.73 Å². The summed E-state index contributed by atoms with van der Waals surface area (Å²) in [7, 11) is -2.25. The molecule has 1 heterocycles. The van der Waals surface area contributed by atoms with Gasteiger partial charge in [0, 0.05) is 31.3 Å². The summed E-state index contributed by atoms with van der Waals surface area (Å²) in [5, 5.41) is 0.337. The summed E-state index contributed by atoms with van der Waals surface area (Å²) in [5.41, 5.74) is 5.59. The van der Waals surface area contributed by atoms with Crippen LogP contribution in [0.4, 0.5) is 0 Å². The molecule has 0 bridgehead atoms. The van der Waals surface area contributed by atoms with E-state index in [1.807, 2.05) is 0 Å². The van der Waals surface area contributed by atoms with Gasteiger partial charge in [-0.1, -0.05) is 11.6 Å². The Morgan fingerprint density at radius 2 is 2.21 bits per heavy atom. The van der Waals surface area contributed by atoms with Crippen molar-refractivity contribution in [3.63, 3.8) is 0 Å². The van der Waals surface area contributed by atoms with Crippen LogP contribution in [0.15, 0.2) is 23.1 Å². The van der Waals surface area contributed by atoms with Crippen LogP contribution >= 0.6 is 11.6 Å². The molecule has 8 heteroatoms. The Labute approximate surface area is 148 Å². The van der Waals surface area contributed by atoms with Crippen LogP contribution in [0.2, 0.25) is 5.02 Å². The van der Waals surface area contributed by atoms with Crippen molar-refractivity contribution < 1.29 is 17.9 Å². The van der Waals surface area contributed by atoms with Gasteiger partial charge in [-0.25, -0.2) is 8.42 Å². The second-order valence-electron chi connectivity index (χ2n) is 6.00. The van der Waals surface area contributed by atoms with Crippen LogP contribution < -0.4 is 10.5 Å². The molecular formula is C16H25ClN2O4S. The first kappa shape index (κ1) is 19.5. The van der Waals surface area contributed by atoms with E-state index in [1.165, 1.54) is 17.4 Å². The molecule has 0 radical (unpaired) electrons. The van der Waals surface area contributed by atoms with E-state index >= 15 is 0 Å². The maximum atomic E-state index is 12.9. The molecule has 136 valence electrons. The zero-order valence-corrected chi connectivity index (χ0v) is 15.6. The molecule has 2 unspecified atom stereocenters. The number of ether oxygens (including phenoxy) is 2. The minimum atomic E-state index is -3.75. The monoisotopic (exact) mass is 376 g/mol. The van der Waals surface area contributed by atoms with Gasteiger partial charge in [-0.05, 0) is 44.4 Å². The number of halogens is 1. The predicted molar refractivity (Wildman–Crippen MR) is 94.0 cm³/mol. The number of rotatable bonds is 7. The summed E-state index contributed by atoms with van der Waals surface area (Å²) in [6.45, 7) is 3.01. The Morgan fingerprint density at radius 1 is 1.46 bits per heavy atom. The van der Waals surface area contributed by atoms with E-state index in [2.05, 4.69) is 0 Å². The lowest BCUT2D eigenvalue weighted by Gasteiger charge is -2.26. The van der Waals surface area contributed by atoms with E-state index in [9.17, 15) is 8.42 Å². The number of nitrogens with zero attached hydrogens (tertiary/aromatic N) is 1. The van der Waals surface area contributed by atoms with Crippen LogP contribution in [-0.4, -0.2) is 51.7 Å². The van der Waals surface area contributed by atoms with Gasteiger partial charge in [0.25, 0.3) is 0 Å². The minimum absolute atomic E-state index is 0.00863. The molecule has 2 N–H and O–H groups in total. The Kier molecular flexibility index (Phi) is 6.88. The van der Waals surface area contributed by atoms with Crippen LogP contribution in [0.3, 0.4) is 0 Å². The first-order valence-electron chi connectivity index (χ1n) is 8.08. The molecule has 1 saturated heterocycles. The molecule has 2 rings (SSSR count). The summed E-state index contributed by atoms with van der Waals surface area (Å²) < 4.78 is 38.3. The number of hydrogen-bond donors (Lipinski definition) is 1. The molecule has 0 aromatic heterocycles. The number of sulfonamides is 1. The van der Waals surface area contributed by atoms with E-state index in [0.717, 1.165) is 25.9 Å². The highest BCUT2D eigenvalue weighted by Crippen LogP contribution is 2.30. The van der Waals surface area contributed by atoms with Crippen molar-refractivity contribution in [3.8, 4) is 5.75 Å². The molecule has 6 nitrogen and oxygen atoms in total. The van der Waals surface area contributed by atoms with Crippen molar-refractivity contribution in [2.45, 2.75) is 43.2 Å². The fraction of sp³-hybridized carbons (Fsp3) is 0.625. The van der Waals surface area contributed by atoms with E-state index in [4.69, 9.17) is 26.8 Å². The van der Waals surface area contributed by atoms with Crippen molar-refractivity contribution in [1.82, 2.24) is 4.31 Å². The van der Waals surface area contributed by atoms with Crippen molar-refractivity contribution in [2.75, 3.05) is 26.8 Å². The van der Waals surface area contributed by atoms with Crippen LogP contribution in [0, 0.1) is 0 Å². The fourth-order valence-corrected chi connectivity index (χ4v) is 4.23. The van der Waals surface area contributed by atoms with Gasteiger partial charge in [0.2, 0.25) is 10.0 Å². The second-order valence-corrected chi connectivity index (χ2v) is 8.40. The highest BCUT2D eigenvalue weighted by molar-refractivity contribution is 7.89. The second kappa shape index (κ2) is 8.49. The van der Waals surface area contributed by atoms with Gasteiger partial charge in [-0.2, -0.15) is 4.31 Å². The van der Waals surface area contributed by atoms with Crippen molar-refractivity contribution in [1.29, 1.82) is 0 Å². The molecule has 2 atom stereocenters. The maximum absolute atomic E-state index is 12.9. The number of hydrogen-bond acceptors (Lipinski definition) is 5. The molecule has 0 amide bonds. The van der Waals surface area contributed by atoms with E-state index in [-0.39, 0.29) is 29.3 Å². The molecule has 0 saturated carbocycles. The van der Waals surface area contributed by atoms with Crippen molar-refractivity contribution in [3.05, 3.63) is 23.2 Å². The summed E-state index contributed by atoms with van der Waals surface area (Å²) in [4.78, 5) is 0.0496. The maximum Gasteiger partial charge on any atom is 0.246 e. The molecule has 1 fully saturated rings. The van der Waals surface area contributed by atoms with Gasteiger partial charge in [0.1, 0.15) is 17.3 Å². The zero-order valence-electron chi connectivity index (χ0n) is 14.1. The summed E-state index contributed by atoms with van der Waals surface area (Å²) in [6, 6.07) is 4.28. The Bertz CT molecular complexity index is 647. The molecule has 1 aliphatic heterocycles. The fourth-order valence-electron chi connectivity index (χ4n) is 2.46. The lowest BCUT2D eigenvalue weighted by Crippen LogP contribution is -2.39. The normalized spacial score (nSPS) is 20.1. The molecule has 1 aliphatic rings. The standard InChI is InChI=1S/C16H25ClN2O4S/c1-12(10-18)19(2)24(20,21)16-9-13(17)6-7-15(16)23-11-14-5-3-4-8-22-14/h6-7,9,12,14H,3-5,8,10-11,18H2,1-2H3. The Morgan fingerprint density at radius 3 is 2.83 bits per heavy atom. The smallest absolute Gasteiger partial charge is 0.246 e. The molecule has 1 aromatic carbocycles. The summed E-state index contributed by atoms with van der Waals surface area (Å²) in [5.74, 6) is 0.282. The topological polar surface area (TPSA) is 81.9 Å². The van der Waals surface area contributed by atoms with Crippen LogP contribution in [0.5, 0.6) is 5.75 Å². The predicted octanol–water partition coefficient (Wildman–Crippen LogP) is 2.26. The van der Waals surface area contributed by atoms with Crippen molar-refractivity contribution >= 4 is 21.6 Å². The van der Waals surface area contributed by atoms with Crippen LogP contribution in [-0.2, 0) is 14.8 Å². The average Bonchev–Trinajstić information content (AvgIpc) is 2.60. The highest BCUT2D eigenvalue weighted by Gasteiger charge is 2.28. The van der Waals surface area contributed by atoms with Gasteiger partial charge in [0.05, 0.1) is 6.10 Å². The van der Waals surface area contributed by atoms with Gasteiger partial charge >= 0.3 is 0 Å². The third-order valence-electron chi connectivity index (χ3n) is 4.22. The van der Waals surface area contributed by atoms with E-state index < -0.39 is 10.0 Å². The summed E-state index contributed by atoms with van der Waals surface area (Å²) in [6.07, 6.45) is 3.06. The molecule has 0 aliphatic carbocycles. The first-order chi connectivity index (χ1) is 11.4. The number of nitrogens with two attached hydrogens (primary N) is 1.